The number of hydrogen-bond donors (Lipinski definition) is 1. The zero-order valence-corrected chi connectivity index (χ0v) is 9.45. The third kappa shape index (κ3) is 2.58. The smallest absolute Gasteiger partial charge is 0.0233 e. The van der Waals surface area contributed by atoms with Crippen molar-refractivity contribution in [3.05, 3.63) is 35.4 Å². The molecule has 0 atom stereocenters. The van der Waals surface area contributed by atoms with Gasteiger partial charge in [-0.3, -0.25) is 4.90 Å². The Kier molecular flexibility index (Phi) is 3.39. The van der Waals surface area contributed by atoms with Gasteiger partial charge in [0.25, 0.3) is 0 Å². The maximum absolute atomic E-state index is 5.57. The van der Waals surface area contributed by atoms with Gasteiger partial charge in [-0.25, -0.2) is 0 Å². The van der Waals surface area contributed by atoms with Gasteiger partial charge in [-0.1, -0.05) is 30.7 Å². The SMILES string of the molecule is CN(Cc1ccc(CN)cc1)C1CCC1. The van der Waals surface area contributed by atoms with E-state index < -0.39 is 0 Å². The minimum absolute atomic E-state index is 0.638. The average molecular weight is 204 g/mol. The Hall–Kier alpha value is -0.860. The molecule has 2 heteroatoms. The summed E-state index contributed by atoms with van der Waals surface area (Å²) >= 11 is 0. The van der Waals surface area contributed by atoms with Gasteiger partial charge in [0.05, 0.1) is 0 Å². The number of hydrogen-bond acceptors (Lipinski definition) is 2. The Balaban J connectivity index is 1.91. The Morgan fingerprint density at radius 3 is 2.27 bits per heavy atom. The summed E-state index contributed by atoms with van der Waals surface area (Å²) in [4.78, 5) is 2.46. The van der Waals surface area contributed by atoms with Gasteiger partial charge in [0.15, 0.2) is 0 Å². The van der Waals surface area contributed by atoms with Crippen LogP contribution in [0.5, 0.6) is 0 Å². The van der Waals surface area contributed by atoms with Crippen molar-refractivity contribution in [2.24, 2.45) is 5.73 Å². The van der Waals surface area contributed by atoms with Crippen molar-refractivity contribution in [3.8, 4) is 0 Å². The fourth-order valence-corrected chi connectivity index (χ4v) is 2.03. The van der Waals surface area contributed by atoms with Crippen molar-refractivity contribution in [2.75, 3.05) is 7.05 Å². The lowest BCUT2D eigenvalue weighted by Gasteiger charge is -2.34. The minimum atomic E-state index is 0.638. The lowest BCUT2D eigenvalue weighted by Crippen LogP contribution is -2.36. The van der Waals surface area contributed by atoms with Gasteiger partial charge >= 0.3 is 0 Å². The molecule has 0 radical (unpaired) electrons. The van der Waals surface area contributed by atoms with Crippen molar-refractivity contribution in [1.82, 2.24) is 4.90 Å². The van der Waals surface area contributed by atoms with Crippen molar-refractivity contribution >= 4 is 0 Å². The molecule has 1 aliphatic carbocycles. The fourth-order valence-electron chi connectivity index (χ4n) is 2.03. The first-order valence-electron chi connectivity index (χ1n) is 5.77. The highest BCUT2D eigenvalue weighted by atomic mass is 15.1. The highest BCUT2D eigenvalue weighted by Gasteiger charge is 2.21. The molecule has 0 saturated heterocycles. The van der Waals surface area contributed by atoms with Crippen LogP contribution in [0.1, 0.15) is 30.4 Å². The Morgan fingerprint density at radius 1 is 1.20 bits per heavy atom. The Bertz CT molecular complexity index is 301. The molecule has 1 fully saturated rings. The number of rotatable bonds is 4. The van der Waals surface area contributed by atoms with E-state index >= 15 is 0 Å². The molecule has 0 bridgehead atoms. The van der Waals surface area contributed by atoms with Crippen molar-refractivity contribution in [2.45, 2.75) is 38.4 Å². The molecule has 1 aromatic rings. The molecule has 0 unspecified atom stereocenters. The van der Waals surface area contributed by atoms with Gasteiger partial charge in [0, 0.05) is 19.1 Å². The predicted octanol–water partition coefficient (Wildman–Crippen LogP) is 2.13. The van der Waals surface area contributed by atoms with Crippen LogP contribution in [0, 0.1) is 0 Å². The van der Waals surface area contributed by atoms with E-state index in [0.29, 0.717) is 6.54 Å². The van der Waals surface area contributed by atoms with Crippen molar-refractivity contribution in [1.29, 1.82) is 0 Å². The molecule has 82 valence electrons. The van der Waals surface area contributed by atoms with E-state index in [1.165, 1.54) is 30.4 Å². The van der Waals surface area contributed by atoms with Crippen LogP contribution in [-0.4, -0.2) is 18.0 Å². The molecule has 1 aliphatic rings. The summed E-state index contributed by atoms with van der Waals surface area (Å²) in [6.07, 6.45) is 4.15. The molecule has 1 saturated carbocycles. The van der Waals surface area contributed by atoms with Crippen LogP contribution in [-0.2, 0) is 13.1 Å². The third-order valence-corrected chi connectivity index (χ3v) is 3.39. The first kappa shape index (κ1) is 10.7. The van der Waals surface area contributed by atoms with Crippen LogP contribution < -0.4 is 5.73 Å². The minimum Gasteiger partial charge on any atom is -0.326 e. The average Bonchev–Trinajstić information content (AvgIpc) is 2.16. The van der Waals surface area contributed by atoms with E-state index in [1.807, 2.05) is 0 Å². The summed E-state index contributed by atoms with van der Waals surface area (Å²) in [7, 11) is 2.22. The summed E-state index contributed by atoms with van der Waals surface area (Å²) in [5.41, 5.74) is 8.17. The zero-order chi connectivity index (χ0) is 10.7. The monoisotopic (exact) mass is 204 g/mol. The van der Waals surface area contributed by atoms with Gasteiger partial charge in [-0.05, 0) is 31.0 Å². The van der Waals surface area contributed by atoms with E-state index in [0.717, 1.165) is 12.6 Å². The van der Waals surface area contributed by atoms with Crippen LogP contribution in [0.25, 0.3) is 0 Å². The van der Waals surface area contributed by atoms with Crippen LogP contribution in [0.3, 0.4) is 0 Å². The van der Waals surface area contributed by atoms with Crippen LogP contribution >= 0.6 is 0 Å². The lowest BCUT2D eigenvalue weighted by molar-refractivity contribution is 0.152. The normalized spacial score (nSPS) is 16.7. The topological polar surface area (TPSA) is 29.3 Å². The molecule has 2 nitrogen and oxygen atoms in total. The summed E-state index contributed by atoms with van der Waals surface area (Å²) in [6.45, 7) is 1.70. The van der Waals surface area contributed by atoms with Crippen LogP contribution in [0.15, 0.2) is 24.3 Å². The fraction of sp³-hybridized carbons (Fsp3) is 0.538. The zero-order valence-electron chi connectivity index (χ0n) is 9.45. The molecule has 1 aromatic carbocycles. The molecule has 0 amide bonds. The predicted molar refractivity (Wildman–Crippen MR) is 63.4 cm³/mol. The molecule has 2 N–H and O–H groups in total. The maximum Gasteiger partial charge on any atom is 0.0233 e. The van der Waals surface area contributed by atoms with Gasteiger partial charge in [-0.15, -0.1) is 0 Å². The summed E-state index contributed by atoms with van der Waals surface area (Å²) in [5, 5.41) is 0. The lowest BCUT2D eigenvalue weighted by atomic mass is 9.91. The molecule has 0 spiro atoms. The number of nitrogens with zero attached hydrogens (tertiary/aromatic N) is 1. The van der Waals surface area contributed by atoms with Gasteiger partial charge < -0.3 is 5.73 Å². The van der Waals surface area contributed by atoms with Crippen molar-refractivity contribution < 1.29 is 0 Å². The Labute approximate surface area is 92.1 Å². The van der Waals surface area contributed by atoms with Gasteiger partial charge in [0.2, 0.25) is 0 Å². The molecule has 0 heterocycles. The first-order valence-corrected chi connectivity index (χ1v) is 5.77. The van der Waals surface area contributed by atoms with Crippen molar-refractivity contribution in [3.63, 3.8) is 0 Å². The second-order valence-corrected chi connectivity index (χ2v) is 4.52. The van der Waals surface area contributed by atoms with Gasteiger partial charge in [-0.2, -0.15) is 0 Å². The van der Waals surface area contributed by atoms with Gasteiger partial charge in [0.1, 0.15) is 0 Å². The molecular weight excluding hydrogens is 184 g/mol. The largest absolute Gasteiger partial charge is 0.326 e. The highest BCUT2D eigenvalue weighted by molar-refractivity contribution is 5.22. The molecule has 2 rings (SSSR count). The van der Waals surface area contributed by atoms with E-state index in [-0.39, 0.29) is 0 Å². The standard InChI is InChI=1S/C13H20N2/c1-15(13-3-2-4-13)10-12-7-5-11(9-14)6-8-12/h5-8,13H,2-4,9-10,14H2,1H3. The summed E-state index contributed by atoms with van der Waals surface area (Å²) in [6, 6.07) is 9.46. The summed E-state index contributed by atoms with van der Waals surface area (Å²) in [5.74, 6) is 0. The molecule has 0 aromatic heterocycles. The maximum atomic E-state index is 5.57. The molecule has 15 heavy (non-hydrogen) atoms. The van der Waals surface area contributed by atoms with Crippen LogP contribution in [0.2, 0.25) is 0 Å². The Morgan fingerprint density at radius 2 is 1.80 bits per heavy atom. The number of nitrogens with two attached hydrogens (primary N) is 1. The van der Waals surface area contributed by atoms with Crippen LogP contribution in [0.4, 0.5) is 0 Å². The molecule has 0 aliphatic heterocycles. The second kappa shape index (κ2) is 4.77. The second-order valence-electron chi connectivity index (χ2n) is 4.52. The van der Waals surface area contributed by atoms with E-state index in [9.17, 15) is 0 Å². The quantitative estimate of drug-likeness (QED) is 0.814. The molecular formula is C13H20N2. The van der Waals surface area contributed by atoms with E-state index in [2.05, 4.69) is 36.2 Å². The summed E-state index contributed by atoms with van der Waals surface area (Å²) < 4.78 is 0. The third-order valence-electron chi connectivity index (χ3n) is 3.39. The first-order chi connectivity index (χ1) is 7.29. The van der Waals surface area contributed by atoms with E-state index in [1.54, 1.807) is 0 Å². The number of benzene rings is 1. The van der Waals surface area contributed by atoms with E-state index in [4.69, 9.17) is 5.73 Å². The highest BCUT2D eigenvalue weighted by Crippen LogP contribution is 2.24.